The van der Waals surface area contributed by atoms with Crippen molar-refractivity contribution >= 4 is 11.0 Å². The van der Waals surface area contributed by atoms with Crippen LogP contribution in [0.25, 0.3) is 11.0 Å². The predicted molar refractivity (Wildman–Crippen MR) is 68.4 cm³/mol. The molecule has 0 amide bonds. The summed E-state index contributed by atoms with van der Waals surface area (Å²) in [6, 6.07) is 9.69. The van der Waals surface area contributed by atoms with E-state index in [9.17, 15) is 4.79 Å². The van der Waals surface area contributed by atoms with Crippen LogP contribution < -0.4 is 5.56 Å². The summed E-state index contributed by atoms with van der Waals surface area (Å²) in [7, 11) is 0. The van der Waals surface area contributed by atoms with Crippen molar-refractivity contribution < 1.29 is 0 Å². The average molecular weight is 240 g/mol. The summed E-state index contributed by atoms with van der Waals surface area (Å²) in [4.78, 5) is 19.1. The molecule has 3 rings (SSSR count). The van der Waals surface area contributed by atoms with E-state index in [4.69, 9.17) is 0 Å². The molecular weight excluding hydrogens is 228 g/mol. The number of hydrogen-bond donors (Lipinski definition) is 1. The van der Waals surface area contributed by atoms with Crippen LogP contribution in [-0.4, -0.2) is 19.7 Å². The highest BCUT2D eigenvalue weighted by Gasteiger charge is 2.13. The average Bonchev–Trinajstić information content (AvgIpc) is 2.89. The number of imidazole rings is 1. The number of aromatic nitrogens is 4. The van der Waals surface area contributed by atoms with Crippen LogP contribution in [0, 0.1) is 0 Å². The maximum atomic E-state index is 12.2. The first-order valence-electron chi connectivity index (χ1n) is 5.73. The number of benzene rings is 1. The highest BCUT2D eigenvalue weighted by Crippen LogP contribution is 2.14. The molecule has 1 N–H and O–H groups in total. The molecule has 0 aliphatic rings. The van der Waals surface area contributed by atoms with E-state index in [0.717, 1.165) is 5.56 Å². The number of nitrogens with one attached hydrogen (secondary N) is 1. The van der Waals surface area contributed by atoms with Crippen LogP contribution in [0.1, 0.15) is 18.5 Å². The summed E-state index contributed by atoms with van der Waals surface area (Å²) in [6.45, 7) is 1.95. The molecule has 90 valence electrons. The number of fused-ring (bicyclic) bond motifs is 1. The van der Waals surface area contributed by atoms with E-state index in [1.807, 2.05) is 37.3 Å². The van der Waals surface area contributed by atoms with Gasteiger partial charge in [-0.25, -0.2) is 9.67 Å². The van der Waals surface area contributed by atoms with E-state index >= 15 is 0 Å². The highest BCUT2D eigenvalue weighted by molar-refractivity contribution is 5.71. The smallest absolute Gasteiger partial charge is 0.295 e. The van der Waals surface area contributed by atoms with Crippen molar-refractivity contribution in [3.05, 3.63) is 58.8 Å². The van der Waals surface area contributed by atoms with Crippen molar-refractivity contribution in [1.82, 2.24) is 19.7 Å². The Morgan fingerprint density at radius 2 is 2.06 bits per heavy atom. The first kappa shape index (κ1) is 10.7. The molecule has 0 radical (unpaired) electrons. The van der Waals surface area contributed by atoms with Gasteiger partial charge in [-0.2, -0.15) is 5.10 Å². The molecule has 2 aromatic heterocycles. The van der Waals surface area contributed by atoms with Gasteiger partial charge in [0.2, 0.25) is 0 Å². The Bertz CT molecular complexity index is 729. The minimum absolute atomic E-state index is 0.111. The fourth-order valence-corrected chi connectivity index (χ4v) is 2.00. The zero-order chi connectivity index (χ0) is 12.5. The molecule has 0 aliphatic heterocycles. The Labute approximate surface area is 103 Å². The fraction of sp³-hybridized carbons (Fsp3) is 0.154. The third-order valence-electron chi connectivity index (χ3n) is 3.04. The van der Waals surface area contributed by atoms with Crippen LogP contribution in [0.15, 0.2) is 47.7 Å². The first-order chi connectivity index (χ1) is 8.77. The maximum absolute atomic E-state index is 12.2. The fourth-order valence-electron chi connectivity index (χ4n) is 2.00. The molecule has 0 fully saturated rings. The second-order valence-electron chi connectivity index (χ2n) is 4.15. The van der Waals surface area contributed by atoms with E-state index in [1.165, 1.54) is 11.0 Å². The van der Waals surface area contributed by atoms with Gasteiger partial charge in [-0.3, -0.25) is 4.79 Å². The molecule has 0 bridgehead atoms. The normalized spacial score (nSPS) is 12.7. The van der Waals surface area contributed by atoms with Crippen LogP contribution in [0.2, 0.25) is 0 Å². The lowest BCUT2D eigenvalue weighted by molar-refractivity contribution is 0.536. The SMILES string of the molecule is CC(c1ccccc1)n1ncc2[nH]cnc2c1=O. The summed E-state index contributed by atoms with van der Waals surface area (Å²) >= 11 is 0. The van der Waals surface area contributed by atoms with Gasteiger partial charge in [0.1, 0.15) is 0 Å². The number of rotatable bonds is 2. The third-order valence-corrected chi connectivity index (χ3v) is 3.04. The third kappa shape index (κ3) is 1.60. The summed E-state index contributed by atoms with van der Waals surface area (Å²) in [5, 5.41) is 4.19. The molecule has 1 unspecified atom stereocenters. The molecule has 5 heteroatoms. The monoisotopic (exact) mass is 240 g/mol. The Balaban J connectivity index is 2.15. The molecule has 0 saturated carbocycles. The van der Waals surface area contributed by atoms with Crippen LogP contribution >= 0.6 is 0 Å². The lowest BCUT2D eigenvalue weighted by Crippen LogP contribution is -2.26. The standard InChI is InChI=1S/C13H12N4O/c1-9(10-5-3-2-4-6-10)17-13(18)12-11(7-16-17)14-8-15-12/h2-9H,1H3,(H,14,15). The molecule has 1 atom stereocenters. The molecule has 2 heterocycles. The minimum Gasteiger partial charge on any atom is -0.343 e. The van der Waals surface area contributed by atoms with Gasteiger partial charge < -0.3 is 4.98 Å². The first-order valence-corrected chi connectivity index (χ1v) is 5.73. The zero-order valence-corrected chi connectivity index (χ0v) is 9.87. The number of aromatic amines is 1. The number of nitrogens with zero attached hydrogens (tertiary/aromatic N) is 3. The minimum atomic E-state index is -0.176. The van der Waals surface area contributed by atoms with Gasteiger partial charge in [-0.05, 0) is 12.5 Å². The van der Waals surface area contributed by atoms with Crippen molar-refractivity contribution in [2.45, 2.75) is 13.0 Å². The topological polar surface area (TPSA) is 63.6 Å². The summed E-state index contributed by atoms with van der Waals surface area (Å²) in [6.07, 6.45) is 3.13. The van der Waals surface area contributed by atoms with Crippen molar-refractivity contribution in [2.24, 2.45) is 0 Å². The maximum Gasteiger partial charge on any atom is 0.295 e. The second kappa shape index (κ2) is 4.10. The van der Waals surface area contributed by atoms with E-state index < -0.39 is 0 Å². The molecule has 0 saturated heterocycles. The molecule has 1 aromatic carbocycles. The summed E-state index contributed by atoms with van der Waals surface area (Å²) < 4.78 is 1.46. The van der Waals surface area contributed by atoms with Gasteiger partial charge in [0, 0.05) is 0 Å². The van der Waals surface area contributed by atoms with Gasteiger partial charge in [-0.15, -0.1) is 0 Å². The van der Waals surface area contributed by atoms with Gasteiger partial charge in [0.05, 0.1) is 24.1 Å². The van der Waals surface area contributed by atoms with Crippen LogP contribution in [-0.2, 0) is 0 Å². The lowest BCUT2D eigenvalue weighted by Gasteiger charge is -2.13. The molecule has 0 aliphatic carbocycles. The molecule has 3 aromatic rings. The Morgan fingerprint density at radius 1 is 1.28 bits per heavy atom. The van der Waals surface area contributed by atoms with Crippen LogP contribution in [0.4, 0.5) is 0 Å². The van der Waals surface area contributed by atoms with Gasteiger partial charge >= 0.3 is 0 Å². The Kier molecular flexibility index (Phi) is 2.44. The largest absolute Gasteiger partial charge is 0.343 e. The summed E-state index contributed by atoms with van der Waals surface area (Å²) in [5.74, 6) is 0. The molecule has 18 heavy (non-hydrogen) atoms. The van der Waals surface area contributed by atoms with E-state index in [2.05, 4.69) is 15.1 Å². The molecule has 0 spiro atoms. The summed E-state index contributed by atoms with van der Waals surface area (Å²) in [5.41, 5.74) is 1.95. The number of hydrogen-bond acceptors (Lipinski definition) is 3. The van der Waals surface area contributed by atoms with Crippen LogP contribution in [0.3, 0.4) is 0 Å². The molecule has 5 nitrogen and oxygen atoms in total. The van der Waals surface area contributed by atoms with E-state index in [1.54, 1.807) is 6.20 Å². The van der Waals surface area contributed by atoms with Gasteiger partial charge in [0.15, 0.2) is 5.52 Å². The molecular formula is C13H12N4O. The van der Waals surface area contributed by atoms with Crippen molar-refractivity contribution in [3.63, 3.8) is 0 Å². The van der Waals surface area contributed by atoms with Gasteiger partial charge in [-0.1, -0.05) is 30.3 Å². The van der Waals surface area contributed by atoms with Crippen LogP contribution in [0.5, 0.6) is 0 Å². The Morgan fingerprint density at radius 3 is 2.83 bits per heavy atom. The Hall–Kier alpha value is -2.43. The van der Waals surface area contributed by atoms with Crippen molar-refractivity contribution in [1.29, 1.82) is 0 Å². The second-order valence-corrected chi connectivity index (χ2v) is 4.15. The van der Waals surface area contributed by atoms with Gasteiger partial charge in [0.25, 0.3) is 5.56 Å². The van der Waals surface area contributed by atoms with Crippen molar-refractivity contribution in [2.75, 3.05) is 0 Å². The number of H-pyrrole nitrogens is 1. The van der Waals surface area contributed by atoms with E-state index in [-0.39, 0.29) is 11.6 Å². The lowest BCUT2D eigenvalue weighted by atomic mass is 10.1. The van der Waals surface area contributed by atoms with Crippen molar-refractivity contribution in [3.8, 4) is 0 Å². The predicted octanol–water partition coefficient (Wildman–Crippen LogP) is 1.73. The van der Waals surface area contributed by atoms with E-state index in [0.29, 0.717) is 11.0 Å². The quantitative estimate of drug-likeness (QED) is 0.742. The zero-order valence-electron chi connectivity index (χ0n) is 9.87. The highest BCUT2D eigenvalue weighted by atomic mass is 16.1.